The lowest BCUT2D eigenvalue weighted by atomic mass is 9.89. The topological polar surface area (TPSA) is 100 Å². The molecule has 0 radical (unpaired) electrons. The van der Waals surface area contributed by atoms with Crippen molar-refractivity contribution in [2.45, 2.75) is 57.4 Å². The summed E-state index contributed by atoms with van der Waals surface area (Å²) < 4.78 is 45.9. The van der Waals surface area contributed by atoms with Gasteiger partial charge in [0.15, 0.2) is 5.58 Å². The Bertz CT molecular complexity index is 1420. The van der Waals surface area contributed by atoms with Crippen LogP contribution in [-0.4, -0.2) is 45.6 Å². The highest BCUT2D eigenvalue weighted by molar-refractivity contribution is 9.10. The van der Waals surface area contributed by atoms with Crippen LogP contribution in [0.1, 0.15) is 59.2 Å². The van der Waals surface area contributed by atoms with Gasteiger partial charge in [0, 0.05) is 6.54 Å². The van der Waals surface area contributed by atoms with Crippen LogP contribution in [0.5, 0.6) is 0 Å². The molecule has 1 saturated heterocycles. The van der Waals surface area contributed by atoms with Crippen molar-refractivity contribution in [1.29, 1.82) is 0 Å². The number of halogens is 4. The maximum Gasteiger partial charge on any atom is 0.410 e. The third-order valence-electron chi connectivity index (χ3n) is 7.77. The number of fused-ring (bicyclic) bond motifs is 1. The van der Waals surface area contributed by atoms with Crippen LogP contribution in [0.4, 0.5) is 18.0 Å². The van der Waals surface area contributed by atoms with E-state index in [9.17, 15) is 22.8 Å². The van der Waals surface area contributed by atoms with Gasteiger partial charge in [-0.25, -0.2) is 14.8 Å². The van der Waals surface area contributed by atoms with Crippen LogP contribution >= 0.6 is 15.9 Å². The Labute approximate surface area is 230 Å². The van der Waals surface area contributed by atoms with E-state index in [0.29, 0.717) is 44.7 Å². The molecule has 2 aromatic heterocycles. The van der Waals surface area contributed by atoms with Gasteiger partial charge in [-0.1, -0.05) is 12.1 Å². The predicted molar refractivity (Wildman–Crippen MR) is 139 cm³/mol. The highest BCUT2D eigenvalue weighted by Crippen LogP contribution is 2.54. The van der Waals surface area contributed by atoms with Crippen molar-refractivity contribution < 1.29 is 27.2 Å². The number of pyridine rings is 1. The van der Waals surface area contributed by atoms with Crippen LogP contribution in [-0.2, 0) is 6.54 Å². The Balaban J connectivity index is 1.27. The number of carbonyl (C=O) groups is 2. The molecular formula is C27H27BrF3N5O3. The first kappa shape index (κ1) is 26.1. The van der Waals surface area contributed by atoms with Gasteiger partial charge in [0.25, 0.3) is 5.91 Å². The van der Waals surface area contributed by atoms with Crippen molar-refractivity contribution in [3.63, 3.8) is 0 Å². The summed E-state index contributed by atoms with van der Waals surface area (Å²) in [5.74, 6) is 1.28. The summed E-state index contributed by atoms with van der Waals surface area (Å²) in [6.07, 6.45) is -0.101. The monoisotopic (exact) mass is 605 g/mol. The lowest BCUT2D eigenvalue weighted by molar-refractivity contribution is -0.149. The molecule has 2 aliphatic carbocycles. The molecule has 8 nitrogen and oxygen atoms in total. The number of carbonyl (C=O) groups excluding carboxylic acids is 2. The number of benzene rings is 1. The Hall–Kier alpha value is -3.15. The summed E-state index contributed by atoms with van der Waals surface area (Å²) >= 11 is 3.34. The number of nitrogens with one attached hydrogen (secondary N) is 2. The molecule has 2 atom stereocenters. The van der Waals surface area contributed by atoms with Crippen molar-refractivity contribution in [3.8, 4) is 0 Å². The number of rotatable bonds is 8. The van der Waals surface area contributed by atoms with Crippen molar-refractivity contribution in [2.75, 3.05) is 6.54 Å². The second kappa shape index (κ2) is 9.79. The number of hydrogen-bond acceptors (Lipinski definition) is 5. The molecule has 3 aromatic rings. The number of aryl methyl sites for hydroxylation is 1. The summed E-state index contributed by atoms with van der Waals surface area (Å²) in [5.41, 5.74) is 2.75. The van der Waals surface area contributed by atoms with E-state index in [-0.39, 0.29) is 18.4 Å². The Morgan fingerprint density at radius 1 is 1.18 bits per heavy atom. The number of hydrogen-bond donors (Lipinski definition) is 2. The first-order valence-electron chi connectivity index (χ1n) is 13.0. The average Bonchev–Trinajstić information content (AvgIpc) is 3.81. The highest BCUT2D eigenvalue weighted by atomic mass is 79.9. The Morgan fingerprint density at radius 3 is 2.54 bits per heavy atom. The molecule has 2 saturated carbocycles. The highest BCUT2D eigenvalue weighted by Gasteiger charge is 2.48. The van der Waals surface area contributed by atoms with Gasteiger partial charge in [0.1, 0.15) is 27.9 Å². The summed E-state index contributed by atoms with van der Waals surface area (Å²) in [6.45, 7) is 1.39. The van der Waals surface area contributed by atoms with E-state index in [1.807, 2.05) is 18.3 Å². The van der Waals surface area contributed by atoms with E-state index in [2.05, 4.69) is 26.2 Å². The van der Waals surface area contributed by atoms with E-state index in [1.54, 1.807) is 24.3 Å². The molecule has 3 amide bonds. The minimum absolute atomic E-state index is 0.0112. The average molecular weight is 606 g/mol. The van der Waals surface area contributed by atoms with Gasteiger partial charge < -0.3 is 20.0 Å². The number of amides is 3. The fraction of sp³-hybridized carbons (Fsp3) is 0.481. The smallest absolute Gasteiger partial charge is 0.410 e. The lowest BCUT2D eigenvalue weighted by Crippen LogP contribution is -2.40. The first-order chi connectivity index (χ1) is 18.6. The molecule has 1 aliphatic heterocycles. The fourth-order valence-corrected chi connectivity index (χ4v) is 5.82. The quantitative estimate of drug-likeness (QED) is 0.323. The largest absolute Gasteiger partial charge is 0.438 e. The van der Waals surface area contributed by atoms with E-state index < -0.39 is 30.8 Å². The molecule has 1 aromatic carbocycles. The van der Waals surface area contributed by atoms with Crippen molar-refractivity contribution >= 4 is 39.0 Å². The molecular weight excluding hydrogens is 579 g/mol. The van der Waals surface area contributed by atoms with Crippen LogP contribution in [0, 0.1) is 24.7 Å². The van der Waals surface area contributed by atoms with Crippen LogP contribution in [0.15, 0.2) is 39.4 Å². The molecule has 12 heteroatoms. The van der Waals surface area contributed by atoms with Crippen LogP contribution in [0.3, 0.4) is 0 Å². The molecule has 6 rings (SSSR count). The molecule has 3 fully saturated rings. The second-order valence-electron chi connectivity index (χ2n) is 10.8. The minimum Gasteiger partial charge on any atom is -0.438 e. The number of nitrogens with zero attached hydrogens (tertiary/aromatic N) is 3. The summed E-state index contributed by atoms with van der Waals surface area (Å²) in [7, 11) is 0. The van der Waals surface area contributed by atoms with Gasteiger partial charge in [-0.2, -0.15) is 13.2 Å². The lowest BCUT2D eigenvalue weighted by Gasteiger charge is -2.26. The van der Waals surface area contributed by atoms with Gasteiger partial charge in [-0.3, -0.25) is 4.79 Å². The standard InChI is InChI=1S/C27H27BrF3N5O3/c1-13-2-9-20(28)34-22(13)24(37)35-23(21(15-4-5-15)16-6-7-16)25-32-17-10-14(3-8-18(17)39-25)11-36-12-19(27(29,30)31)33-26(36)38/h2-3,8-10,15-16,19,21,23H,4-7,11-12H2,1H3,(H,33,38)(H,35,37)/t19-,23-/m0/s1. The maximum absolute atomic E-state index is 13.4. The zero-order valence-electron chi connectivity index (χ0n) is 21.1. The number of alkyl halides is 3. The summed E-state index contributed by atoms with van der Waals surface area (Å²) in [5, 5.41) is 5.16. The van der Waals surface area contributed by atoms with Gasteiger partial charge in [0.05, 0.1) is 6.54 Å². The van der Waals surface area contributed by atoms with Crippen LogP contribution in [0.2, 0.25) is 0 Å². The molecule has 0 bridgehead atoms. The number of aromatic nitrogens is 2. The molecule has 0 unspecified atom stereocenters. The third-order valence-corrected chi connectivity index (χ3v) is 8.21. The maximum atomic E-state index is 13.4. The van der Waals surface area contributed by atoms with Gasteiger partial charge >= 0.3 is 12.2 Å². The SMILES string of the molecule is Cc1ccc(Br)nc1C(=O)N[C@H](c1nc2cc(CN3C[C@@H](C(F)(F)F)NC3=O)ccc2o1)C(C1CC1)C1CC1. The van der Waals surface area contributed by atoms with Gasteiger partial charge in [-0.15, -0.1) is 0 Å². The fourth-order valence-electron chi connectivity index (χ4n) is 5.51. The van der Waals surface area contributed by atoms with Crippen molar-refractivity contribution in [1.82, 2.24) is 25.5 Å². The molecule has 206 valence electrons. The molecule has 39 heavy (non-hydrogen) atoms. The minimum atomic E-state index is -4.50. The number of oxazole rings is 1. The van der Waals surface area contributed by atoms with Crippen molar-refractivity contribution in [2.24, 2.45) is 17.8 Å². The van der Waals surface area contributed by atoms with E-state index >= 15 is 0 Å². The normalized spacial score (nSPS) is 20.5. The van der Waals surface area contributed by atoms with Gasteiger partial charge in [-0.05, 0) is 95.6 Å². The van der Waals surface area contributed by atoms with Gasteiger partial charge in [0.2, 0.25) is 5.89 Å². The predicted octanol–water partition coefficient (Wildman–Crippen LogP) is 5.66. The van der Waals surface area contributed by atoms with E-state index in [4.69, 9.17) is 9.40 Å². The Kier molecular flexibility index (Phi) is 6.55. The summed E-state index contributed by atoms with van der Waals surface area (Å²) in [4.78, 5) is 35.7. The molecule has 2 N–H and O–H groups in total. The van der Waals surface area contributed by atoms with Crippen LogP contribution < -0.4 is 10.6 Å². The second-order valence-corrected chi connectivity index (χ2v) is 11.6. The van der Waals surface area contributed by atoms with Crippen LogP contribution in [0.25, 0.3) is 11.1 Å². The summed E-state index contributed by atoms with van der Waals surface area (Å²) in [6, 6.07) is 5.68. The zero-order chi connectivity index (χ0) is 27.5. The first-order valence-corrected chi connectivity index (χ1v) is 13.8. The third kappa shape index (κ3) is 5.48. The molecule has 3 heterocycles. The van der Waals surface area contributed by atoms with E-state index in [1.165, 1.54) is 0 Å². The zero-order valence-corrected chi connectivity index (χ0v) is 22.7. The van der Waals surface area contributed by atoms with Crippen molar-refractivity contribution in [3.05, 3.63) is 57.6 Å². The number of urea groups is 1. The molecule has 0 spiro atoms. The van der Waals surface area contributed by atoms with E-state index in [0.717, 1.165) is 36.1 Å². The Morgan fingerprint density at radius 2 is 1.90 bits per heavy atom. The molecule has 3 aliphatic rings.